The summed E-state index contributed by atoms with van der Waals surface area (Å²) in [5.74, 6) is -0.0569. The van der Waals surface area contributed by atoms with E-state index in [-0.39, 0.29) is 21.8 Å². The molecule has 0 unspecified atom stereocenters. The molecule has 0 atom stereocenters. The largest absolute Gasteiger partial charge is 0.433 e. The summed E-state index contributed by atoms with van der Waals surface area (Å²) in [6.45, 7) is 0. The quantitative estimate of drug-likeness (QED) is 0.749. The van der Waals surface area contributed by atoms with Crippen molar-refractivity contribution >= 4 is 23.2 Å². The SMILES string of the molecule is FC(F)(F)c1cccc(-c2nc(Cl)cc(Cl)n2)n1. The van der Waals surface area contributed by atoms with Gasteiger partial charge in [-0.1, -0.05) is 29.3 Å². The second kappa shape index (κ2) is 4.70. The molecule has 0 fully saturated rings. The van der Waals surface area contributed by atoms with Crippen molar-refractivity contribution in [1.29, 1.82) is 0 Å². The van der Waals surface area contributed by atoms with Gasteiger partial charge >= 0.3 is 6.18 Å². The van der Waals surface area contributed by atoms with E-state index in [0.29, 0.717) is 0 Å². The predicted octanol–water partition coefficient (Wildman–Crippen LogP) is 3.86. The summed E-state index contributed by atoms with van der Waals surface area (Å²) in [7, 11) is 0. The normalized spacial score (nSPS) is 11.6. The highest BCUT2D eigenvalue weighted by Gasteiger charge is 2.32. The first-order valence-corrected chi connectivity index (χ1v) is 5.36. The zero-order valence-electron chi connectivity index (χ0n) is 8.54. The van der Waals surface area contributed by atoms with Gasteiger partial charge < -0.3 is 0 Å². The van der Waals surface area contributed by atoms with Crippen LogP contribution in [0.25, 0.3) is 11.5 Å². The third kappa shape index (κ3) is 2.88. The molecule has 18 heavy (non-hydrogen) atoms. The van der Waals surface area contributed by atoms with E-state index in [0.717, 1.165) is 6.07 Å². The molecule has 3 nitrogen and oxygen atoms in total. The zero-order chi connectivity index (χ0) is 13.3. The van der Waals surface area contributed by atoms with Crippen LogP contribution in [0.15, 0.2) is 24.3 Å². The van der Waals surface area contributed by atoms with E-state index in [1.54, 1.807) is 0 Å². The summed E-state index contributed by atoms with van der Waals surface area (Å²) >= 11 is 11.3. The van der Waals surface area contributed by atoms with Crippen molar-refractivity contribution in [3.63, 3.8) is 0 Å². The van der Waals surface area contributed by atoms with Crippen molar-refractivity contribution in [2.75, 3.05) is 0 Å². The van der Waals surface area contributed by atoms with Gasteiger partial charge in [0.2, 0.25) is 0 Å². The average molecular weight is 294 g/mol. The standard InChI is InChI=1S/C10H4Cl2F3N3/c11-7-4-8(12)18-9(17-7)5-2-1-3-6(16-5)10(13,14)15/h1-4H. The molecular formula is C10H4Cl2F3N3. The van der Waals surface area contributed by atoms with Crippen LogP contribution in [-0.4, -0.2) is 15.0 Å². The number of aromatic nitrogens is 3. The molecule has 0 aliphatic carbocycles. The number of hydrogen-bond donors (Lipinski definition) is 0. The van der Waals surface area contributed by atoms with E-state index in [9.17, 15) is 13.2 Å². The second-order valence-electron chi connectivity index (χ2n) is 3.24. The first-order chi connectivity index (χ1) is 8.36. The maximum Gasteiger partial charge on any atom is 0.433 e. The van der Waals surface area contributed by atoms with Crippen LogP contribution >= 0.6 is 23.2 Å². The minimum atomic E-state index is -4.53. The van der Waals surface area contributed by atoms with Crippen LogP contribution in [-0.2, 0) is 6.18 Å². The fourth-order valence-corrected chi connectivity index (χ4v) is 1.64. The van der Waals surface area contributed by atoms with E-state index in [2.05, 4.69) is 15.0 Å². The Bertz CT molecular complexity index is 567. The number of hydrogen-bond acceptors (Lipinski definition) is 3. The van der Waals surface area contributed by atoms with E-state index in [1.807, 2.05) is 0 Å². The predicted molar refractivity (Wildman–Crippen MR) is 60.3 cm³/mol. The van der Waals surface area contributed by atoms with Crippen molar-refractivity contribution in [3.05, 3.63) is 40.3 Å². The lowest BCUT2D eigenvalue weighted by atomic mass is 10.3. The number of rotatable bonds is 1. The van der Waals surface area contributed by atoms with Gasteiger partial charge in [-0.05, 0) is 12.1 Å². The van der Waals surface area contributed by atoms with E-state index in [4.69, 9.17) is 23.2 Å². The molecule has 2 rings (SSSR count). The molecule has 0 spiro atoms. The first kappa shape index (κ1) is 13.0. The molecule has 0 amide bonds. The highest BCUT2D eigenvalue weighted by molar-refractivity contribution is 6.33. The Hall–Kier alpha value is -1.40. The van der Waals surface area contributed by atoms with Crippen molar-refractivity contribution in [2.45, 2.75) is 6.18 Å². The van der Waals surface area contributed by atoms with Crippen molar-refractivity contribution in [1.82, 2.24) is 15.0 Å². The molecule has 94 valence electrons. The topological polar surface area (TPSA) is 38.7 Å². The molecule has 8 heteroatoms. The average Bonchev–Trinajstić information content (AvgIpc) is 2.27. The van der Waals surface area contributed by atoms with Crippen LogP contribution in [0.2, 0.25) is 10.3 Å². The van der Waals surface area contributed by atoms with Gasteiger partial charge in [0.05, 0.1) is 0 Å². The third-order valence-electron chi connectivity index (χ3n) is 1.93. The molecule has 0 bridgehead atoms. The van der Waals surface area contributed by atoms with Crippen LogP contribution in [0.5, 0.6) is 0 Å². The Labute approximate surface area is 110 Å². The minimum absolute atomic E-state index is 0.0317. The highest BCUT2D eigenvalue weighted by atomic mass is 35.5. The summed E-state index contributed by atoms with van der Waals surface area (Å²) in [4.78, 5) is 11.0. The molecule has 2 aromatic rings. The van der Waals surface area contributed by atoms with Gasteiger partial charge in [-0.2, -0.15) is 13.2 Å². The van der Waals surface area contributed by atoms with Crippen LogP contribution in [0.3, 0.4) is 0 Å². The Morgan fingerprint density at radius 2 is 1.56 bits per heavy atom. The van der Waals surface area contributed by atoms with Crippen molar-refractivity contribution in [2.24, 2.45) is 0 Å². The van der Waals surface area contributed by atoms with Crippen LogP contribution in [0, 0.1) is 0 Å². The molecule has 0 N–H and O–H groups in total. The van der Waals surface area contributed by atoms with Gasteiger partial charge in [-0.3, -0.25) is 0 Å². The molecule has 2 heterocycles. The van der Waals surface area contributed by atoms with Gasteiger partial charge in [0.25, 0.3) is 0 Å². The summed E-state index contributed by atoms with van der Waals surface area (Å²) in [5.41, 5.74) is -1.08. The van der Waals surface area contributed by atoms with Gasteiger partial charge in [0.15, 0.2) is 5.82 Å². The van der Waals surface area contributed by atoms with Crippen LogP contribution in [0.1, 0.15) is 5.69 Å². The lowest BCUT2D eigenvalue weighted by Crippen LogP contribution is -2.08. The van der Waals surface area contributed by atoms with E-state index in [1.165, 1.54) is 18.2 Å². The lowest BCUT2D eigenvalue weighted by molar-refractivity contribution is -0.141. The number of halogens is 5. The molecule has 0 saturated heterocycles. The van der Waals surface area contributed by atoms with E-state index >= 15 is 0 Å². The fourth-order valence-electron chi connectivity index (χ4n) is 1.22. The summed E-state index contributed by atoms with van der Waals surface area (Å²) < 4.78 is 37.5. The number of pyridine rings is 1. The number of alkyl halides is 3. The fraction of sp³-hybridized carbons (Fsp3) is 0.100. The molecule has 0 radical (unpaired) electrons. The van der Waals surface area contributed by atoms with Crippen molar-refractivity contribution in [3.8, 4) is 11.5 Å². The van der Waals surface area contributed by atoms with Crippen LogP contribution < -0.4 is 0 Å². The van der Waals surface area contributed by atoms with E-state index < -0.39 is 11.9 Å². The second-order valence-corrected chi connectivity index (χ2v) is 4.02. The Morgan fingerprint density at radius 1 is 0.944 bits per heavy atom. The Balaban J connectivity index is 2.51. The van der Waals surface area contributed by atoms with Crippen molar-refractivity contribution < 1.29 is 13.2 Å². The van der Waals surface area contributed by atoms with Crippen LogP contribution in [0.4, 0.5) is 13.2 Å². The maximum absolute atomic E-state index is 12.5. The summed E-state index contributed by atoms with van der Waals surface area (Å²) in [6.07, 6.45) is -4.53. The molecule has 2 aromatic heterocycles. The molecule has 0 aliphatic heterocycles. The zero-order valence-corrected chi connectivity index (χ0v) is 10.1. The Morgan fingerprint density at radius 3 is 2.11 bits per heavy atom. The van der Waals surface area contributed by atoms with Gasteiger partial charge in [-0.25, -0.2) is 15.0 Å². The highest BCUT2D eigenvalue weighted by Crippen LogP contribution is 2.29. The van der Waals surface area contributed by atoms with Gasteiger partial charge in [0, 0.05) is 6.07 Å². The molecule has 0 aliphatic rings. The smallest absolute Gasteiger partial charge is 0.240 e. The third-order valence-corrected chi connectivity index (χ3v) is 2.32. The molecule has 0 aromatic carbocycles. The summed E-state index contributed by atoms with van der Waals surface area (Å²) in [6, 6.07) is 4.69. The minimum Gasteiger partial charge on any atom is -0.240 e. The lowest BCUT2D eigenvalue weighted by Gasteiger charge is -2.07. The van der Waals surface area contributed by atoms with Gasteiger partial charge in [0.1, 0.15) is 21.7 Å². The summed E-state index contributed by atoms with van der Waals surface area (Å²) in [5, 5.41) is 0.0634. The first-order valence-electron chi connectivity index (χ1n) is 4.61. The van der Waals surface area contributed by atoms with Gasteiger partial charge in [-0.15, -0.1) is 0 Å². The maximum atomic E-state index is 12.5. The molecule has 0 saturated carbocycles. The Kier molecular flexibility index (Phi) is 3.41. The monoisotopic (exact) mass is 293 g/mol. The number of nitrogens with zero attached hydrogens (tertiary/aromatic N) is 3. The molecular weight excluding hydrogens is 290 g/mol.